The lowest BCUT2D eigenvalue weighted by atomic mass is 9.71. The monoisotopic (exact) mass is 241 g/mol. The Balaban J connectivity index is 2.56. The maximum Gasteiger partial charge on any atom is 0.142 e. The van der Waals surface area contributed by atoms with E-state index in [2.05, 4.69) is 25.7 Å². The molecule has 0 heterocycles. The number of hydrogen-bond acceptors (Lipinski definition) is 3. The first kappa shape index (κ1) is 14.7. The molecule has 1 saturated carbocycles. The summed E-state index contributed by atoms with van der Waals surface area (Å²) in [5, 5.41) is 9.03. The van der Waals surface area contributed by atoms with Crippen molar-refractivity contribution in [2.45, 2.75) is 46.5 Å². The number of carbonyl (C=O) groups is 1. The lowest BCUT2D eigenvalue weighted by molar-refractivity contribution is -0.135. The highest BCUT2D eigenvalue weighted by atomic mass is 16.3. The maximum atomic E-state index is 12.3. The zero-order valence-corrected chi connectivity index (χ0v) is 11.5. The summed E-state index contributed by atoms with van der Waals surface area (Å²) < 4.78 is 0. The molecule has 1 aliphatic rings. The van der Waals surface area contributed by atoms with Crippen LogP contribution in [0.15, 0.2) is 0 Å². The van der Waals surface area contributed by atoms with Gasteiger partial charge in [0.15, 0.2) is 0 Å². The Morgan fingerprint density at radius 2 is 2.12 bits per heavy atom. The van der Waals surface area contributed by atoms with E-state index < -0.39 is 0 Å². The summed E-state index contributed by atoms with van der Waals surface area (Å²) in [6.45, 7) is 8.95. The first-order chi connectivity index (χ1) is 8.01. The van der Waals surface area contributed by atoms with E-state index in [1.54, 1.807) is 0 Å². The number of aliphatic hydroxyl groups is 1. The van der Waals surface area contributed by atoms with E-state index in [9.17, 15) is 4.79 Å². The second kappa shape index (κ2) is 6.50. The Morgan fingerprint density at radius 3 is 2.71 bits per heavy atom. The first-order valence-corrected chi connectivity index (χ1v) is 6.88. The molecule has 0 aromatic carbocycles. The van der Waals surface area contributed by atoms with Gasteiger partial charge in [-0.1, -0.05) is 27.2 Å². The molecule has 3 nitrogen and oxygen atoms in total. The number of nitrogens with zero attached hydrogens (tertiary/aromatic N) is 1. The smallest absolute Gasteiger partial charge is 0.142 e. The SMILES string of the molecule is CCCN(CCO)CC1CCCC(C)(C)C1=O. The van der Waals surface area contributed by atoms with E-state index >= 15 is 0 Å². The van der Waals surface area contributed by atoms with Crippen LogP contribution in [-0.2, 0) is 4.79 Å². The lowest BCUT2D eigenvalue weighted by Crippen LogP contribution is -2.42. The molecular formula is C14H27NO2. The zero-order chi connectivity index (χ0) is 12.9. The van der Waals surface area contributed by atoms with Gasteiger partial charge in [0.2, 0.25) is 0 Å². The average Bonchev–Trinajstić information content (AvgIpc) is 2.25. The molecule has 1 fully saturated rings. The van der Waals surface area contributed by atoms with Crippen molar-refractivity contribution >= 4 is 5.78 Å². The van der Waals surface area contributed by atoms with Crippen LogP contribution in [0.2, 0.25) is 0 Å². The third-order valence-corrected chi connectivity index (χ3v) is 3.83. The quantitative estimate of drug-likeness (QED) is 0.774. The van der Waals surface area contributed by atoms with E-state index in [0.29, 0.717) is 12.3 Å². The van der Waals surface area contributed by atoms with E-state index in [-0.39, 0.29) is 17.9 Å². The zero-order valence-electron chi connectivity index (χ0n) is 11.5. The summed E-state index contributed by atoms with van der Waals surface area (Å²) in [5.41, 5.74) is -0.139. The number of Topliss-reactive ketones (excluding diaryl/α,β-unsaturated/α-hetero) is 1. The molecule has 0 spiro atoms. The second-order valence-corrected chi connectivity index (χ2v) is 5.86. The molecule has 0 aromatic heterocycles. The summed E-state index contributed by atoms with van der Waals surface area (Å²) in [6.07, 6.45) is 4.27. The third kappa shape index (κ3) is 4.07. The van der Waals surface area contributed by atoms with Crippen molar-refractivity contribution in [3.63, 3.8) is 0 Å². The van der Waals surface area contributed by atoms with Gasteiger partial charge in [-0.15, -0.1) is 0 Å². The Bertz CT molecular complexity index is 245. The fraction of sp³-hybridized carbons (Fsp3) is 0.929. The number of hydrogen-bond donors (Lipinski definition) is 1. The molecule has 1 N–H and O–H groups in total. The summed E-state index contributed by atoms with van der Waals surface area (Å²) >= 11 is 0. The van der Waals surface area contributed by atoms with Gasteiger partial charge in [0.1, 0.15) is 5.78 Å². The van der Waals surface area contributed by atoms with Crippen LogP contribution in [0.4, 0.5) is 0 Å². The van der Waals surface area contributed by atoms with Gasteiger partial charge < -0.3 is 10.0 Å². The molecule has 1 unspecified atom stereocenters. The van der Waals surface area contributed by atoms with Gasteiger partial charge in [-0.2, -0.15) is 0 Å². The molecule has 3 heteroatoms. The van der Waals surface area contributed by atoms with Crippen molar-refractivity contribution in [2.75, 3.05) is 26.2 Å². The minimum absolute atomic E-state index is 0.139. The number of rotatable bonds is 6. The van der Waals surface area contributed by atoms with Crippen LogP contribution in [0.1, 0.15) is 46.5 Å². The topological polar surface area (TPSA) is 40.5 Å². The van der Waals surface area contributed by atoms with Gasteiger partial charge >= 0.3 is 0 Å². The summed E-state index contributed by atoms with van der Waals surface area (Å²) in [5.74, 6) is 0.597. The highest BCUT2D eigenvalue weighted by Gasteiger charge is 2.37. The molecule has 0 amide bonds. The summed E-state index contributed by atoms with van der Waals surface area (Å²) in [6, 6.07) is 0. The predicted octanol–water partition coefficient (Wildman–Crippen LogP) is 2.09. The van der Waals surface area contributed by atoms with Gasteiger partial charge in [-0.25, -0.2) is 0 Å². The molecule has 0 saturated heterocycles. The maximum absolute atomic E-state index is 12.3. The molecular weight excluding hydrogens is 214 g/mol. The Kier molecular flexibility index (Phi) is 5.60. The highest BCUT2D eigenvalue weighted by molar-refractivity contribution is 5.87. The van der Waals surface area contributed by atoms with Gasteiger partial charge in [0, 0.05) is 24.4 Å². The standard InChI is InChI=1S/C14H27NO2/c1-4-8-15(9-10-16)11-12-6-5-7-14(2,3)13(12)17/h12,16H,4-11H2,1-3H3. The second-order valence-electron chi connectivity index (χ2n) is 5.86. The van der Waals surface area contributed by atoms with E-state index in [0.717, 1.165) is 38.8 Å². The highest BCUT2D eigenvalue weighted by Crippen LogP contribution is 2.35. The lowest BCUT2D eigenvalue weighted by Gasteiger charge is -2.36. The number of ketones is 1. The van der Waals surface area contributed by atoms with Crippen LogP contribution in [-0.4, -0.2) is 42.0 Å². The molecule has 1 rings (SSSR count). The van der Waals surface area contributed by atoms with Crippen LogP contribution in [0.3, 0.4) is 0 Å². The van der Waals surface area contributed by atoms with E-state index in [1.807, 2.05) is 0 Å². The molecule has 1 aliphatic carbocycles. The fourth-order valence-corrected chi connectivity index (χ4v) is 2.84. The molecule has 0 bridgehead atoms. The van der Waals surface area contributed by atoms with Gasteiger partial charge in [0.25, 0.3) is 0 Å². The van der Waals surface area contributed by atoms with Gasteiger partial charge in [-0.05, 0) is 25.8 Å². The molecule has 17 heavy (non-hydrogen) atoms. The van der Waals surface area contributed by atoms with Crippen molar-refractivity contribution in [2.24, 2.45) is 11.3 Å². The molecule has 0 aromatic rings. The predicted molar refractivity (Wildman–Crippen MR) is 69.9 cm³/mol. The number of carbonyl (C=O) groups excluding carboxylic acids is 1. The van der Waals surface area contributed by atoms with Crippen LogP contribution in [0.5, 0.6) is 0 Å². The van der Waals surface area contributed by atoms with Crippen molar-refractivity contribution in [1.82, 2.24) is 4.90 Å². The average molecular weight is 241 g/mol. The summed E-state index contributed by atoms with van der Waals surface area (Å²) in [7, 11) is 0. The van der Waals surface area contributed by atoms with Crippen LogP contribution in [0, 0.1) is 11.3 Å². The van der Waals surface area contributed by atoms with E-state index in [4.69, 9.17) is 5.11 Å². The Morgan fingerprint density at radius 1 is 1.41 bits per heavy atom. The largest absolute Gasteiger partial charge is 0.395 e. The van der Waals surface area contributed by atoms with Crippen LogP contribution < -0.4 is 0 Å². The third-order valence-electron chi connectivity index (χ3n) is 3.83. The molecule has 1 atom stereocenters. The molecule has 100 valence electrons. The molecule has 0 aliphatic heterocycles. The Labute approximate surface area is 105 Å². The first-order valence-electron chi connectivity index (χ1n) is 6.88. The Hall–Kier alpha value is -0.410. The van der Waals surface area contributed by atoms with Gasteiger partial charge in [0.05, 0.1) is 6.61 Å². The minimum Gasteiger partial charge on any atom is -0.395 e. The molecule has 0 radical (unpaired) electrons. The van der Waals surface area contributed by atoms with Crippen molar-refractivity contribution in [3.05, 3.63) is 0 Å². The van der Waals surface area contributed by atoms with Crippen molar-refractivity contribution in [3.8, 4) is 0 Å². The van der Waals surface area contributed by atoms with Crippen molar-refractivity contribution in [1.29, 1.82) is 0 Å². The van der Waals surface area contributed by atoms with E-state index in [1.165, 1.54) is 0 Å². The number of aliphatic hydroxyl groups excluding tert-OH is 1. The van der Waals surface area contributed by atoms with Gasteiger partial charge in [-0.3, -0.25) is 4.79 Å². The minimum atomic E-state index is -0.139. The normalized spacial score (nSPS) is 24.3. The van der Waals surface area contributed by atoms with Crippen molar-refractivity contribution < 1.29 is 9.90 Å². The van der Waals surface area contributed by atoms with Crippen LogP contribution in [0.25, 0.3) is 0 Å². The fourth-order valence-electron chi connectivity index (χ4n) is 2.84. The summed E-state index contributed by atoms with van der Waals surface area (Å²) in [4.78, 5) is 14.5. The van der Waals surface area contributed by atoms with Crippen LogP contribution >= 0.6 is 0 Å².